The fourth-order valence-electron chi connectivity index (χ4n) is 6.32. The molecule has 0 unspecified atom stereocenters. The lowest BCUT2D eigenvalue weighted by Crippen LogP contribution is -2.59. The fraction of sp³-hybridized carbons (Fsp3) is 0.481. The summed E-state index contributed by atoms with van der Waals surface area (Å²) in [6.45, 7) is 3.39. The number of amides is 1. The quantitative estimate of drug-likeness (QED) is 0.648. The predicted molar refractivity (Wildman–Crippen MR) is 130 cm³/mol. The Hall–Kier alpha value is -2.90. The van der Waals surface area contributed by atoms with Crippen LogP contribution in [0.4, 0.5) is 5.95 Å². The molecule has 2 aliphatic heterocycles. The molecular weight excluding hydrogens is 428 g/mol. The number of benzene rings is 1. The normalized spacial score (nSPS) is 27.6. The number of pyridine rings is 1. The summed E-state index contributed by atoms with van der Waals surface area (Å²) in [7, 11) is 0. The molecule has 3 atom stereocenters. The van der Waals surface area contributed by atoms with E-state index < -0.39 is 5.60 Å². The summed E-state index contributed by atoms with van der Waals surface area (Å²) in [4.78, 5) is 23.1. The first kappa shape index (κ1) is 21.6. The number of hydrogen-bond acceptors (Lipinski definition) is 5. The number of fused-ring (bicyclic) bond motifs is 2. The standard InChI is InChI=1S/C27H32N4O3/c32-25(24-23-12-6-7-14-31(23)26(28-24)29-16-18-34-19-17-29)30-15-13-27(33,20-8-2-1-3-9-20)21-10-4-5-11-22(21)30/h1-3,6-9,12,14,21-22,33H,4-5,10-11,13,15-19H2/t21-,22+,27-/m1/s1. The number of imidazole rings is 1. The van der Waals surface area contributed by atoms with E-state index in [1.165, 1.54) is 0 Å². The first-order valence-corrected chi connectivity index (χ1v) is 12.6. The summed E-state index contributed by atoms with van der Waals surface area (Å²) >= 11 is 0. The molecule has 1 aliphatic carbocycles. The molecule has 0 spiro atoms. The van der Waals surface area contributed by atoms with E-state index in [1.54, 1.807) is 0 Å². The first-order valence-electron chi connectivity index (χ1n) is 12.6. The van der Waals surface area contributed by atoms with Crippen LogP contribution in [0.1, 0.15) is 48.2 Å². The van der Waals surface area contributed by atoms with Gasteiger partial charge in [-0.25, -0.2) is 4.98 Å². The second kappa shape index (κ2) is 8.71. The lowest BCUT2D eigenvalue weighted by Gasteiger charge is -2.52. The Morgan fingerprint density at radius 2 is 1.76 bits per heavy atom. The van der Waals surface area contributed by atoms with Crippen LogP contribution in [-0.4, -0.2) is 64.2 Å². The summed E-state index contributed by atoms with van der Waals surface area (Å²) in [5.41, 5.74) is 1.43. The highest BCUT2D eigenvalue weighted by Gasteiger charge is 2.50. The minimum absolute atomic E-state index is 0.0183. The number of nitrogens with zero attached hydrogens (tertiary/aromatic N) is 4. The van der Waals surface area contributed by atoms with Gasteiger partial charge in [0.1, 0.15) is 0 Å². The number of rotatable bonds is 3. The average Bonchev–Trinajstić information content (AvgIpc) is 3.30. The molecule has 7 nitrogen and oxygen atoms in total. The van der Waals surface area contributed by atoms with Gasteiger partial charge in [0.15, 0.2) is 5.69 Å². The molecular formula is C27H32N4O3. The van der Waals surface area contributed by atoms with Gasteiger partial charge in [-0.1, -0.05) is 49.2 Å². The van der Waals surface area contributed by atoms with Gasteiger partial charge in [0, 0.05) is 37.8 Å². The number of aliphatic hydroxyl groups is 1. The van der Waals surface area contributed by atoms with Crippen LogP contribution in [0, 0.1) is 5.92 Å². The minimum Gasteiger partial charge on any atom is -0.385 e. The molecule has 4 heterocycles. The number of ether oxygens (including phenoxy) is 1. The van der Waals surface area contributed by atoms with Gasteiger partial charge in [-0.2, -0.15) is 0 Å². The average molecular weight is 461 g/mol. The molecule has 1 saturated carbocycles. The van der Waals surface area contributed by atoms with Crippen molar-refractivity contribution in [2.24, 2.45) is 5.92 Å². The van der Waals surface area contributed by atoms with E-state index in [0.717, 1.165) is 55.8 Å². The van der Waals surface area contributed by atoms with E-state index in [2.05, 4.69) is 4.90 Å². The highest BCUT2D eigenvalue weighted by molar-refractivity contribution is 6.00. The second-order valence-corrected chi connectivity index (χ2v) is 9.81. The fourth-order valence-corrected chi connectivity index (χ4v) is 6.32. The van der Waals surface area contributed by atoms with E-state index in [4.69, 9.17) is 9.72 Å². The van der Waals surface area contributed by atoms with Crippen molar-refractivity contribution >= 4 is 17.4 Å². The Balaban J connectivity index is 1.35. The van der Waals surface area contributed by atoms with Gasteiger partial charge in [0.05, 0.1) is 24.3 Å². The maximum atomic E-state index is 14.0. The number of aromatic nitrogens is 2. The Morgan fingerprint density at radius 1 is 1.00 bits per heavy atom. The molecule has 34 heavy (non-hydrogen) atoms. The van der Waals surface area contributed by atoms with E-state index in [9.17, 15) is 9.90 Å². The molecule has 6 rings (SSSR count). The van der Waals surface area contributed by atoms with Crippen LogP contribution in [0.15, 0.2) is 54.7 Å². The van der Waals surface area contributed by atoms with Crippen molar-refractivity contribution in [1.82, 2.24) is 14.3 Å². The molecule has 2 saturated heterocycles. The zero-order valence-corrected chi connectivity index (χ0v) is 19.5. The van der Waals surface area contributed by atoms with E-state index in [1.807, 2.05) is 64.0 Å². The topological polar surface area (TPSA) is 70.3 Å². The highest BCUT2D eigenvalue weighted by Crippen LogP contribution is 2.47. The van der Waals surface area contributed by atoms with Crippen molar-refractivity contribution in [3.05, 3.63) is 66.0 Å². The molecule has 3 fully saturated rings. The summed E-state index contributed by atoms with van der Waals surface area (Å²) in [6, 6.07) is 16.0. The molecule has 7 heteroatoms. The van der Waals surface area contributed by atoms with Crippen LogP contribution in [0.25, 0.3) is 5.52 Å². The van der Waals surface area contributed by atoms with Crippen LogP contribution in [0.3, 0.4) is 0 Å². The van der Waals surface area contributed by atoms with Crippen LogP contribution < -0.4 is 4.90 Å². The van der Waals surface area contributed by atoms with Crippen LogP contribution >= 0.6 is 0 Å². The van der Waals surface area contributed by atoms with Gasteiger partial charge < -0.3 is 19.6 Å². The minimum atomic E-state index is -0.891. The van der Waals surface area contributed by atoms with Crippen molar-refractivity contribution in [3.8, 4) is 0 Å². The molecule has 178 valence electrons. The van der Waals surface area contributed by atoms with Gasteiger partial charge in [-0.3, -0.25) is 9.20 Å². The van der Waals surface area contributed by atoms with Gasteiger partial charge in [0.2, 0.25) is 5.95 Å². The Bertz CT molecular complexity index is 1170. The molecule has 3 aliphatic rings. The first-order chi connectivity index (χ1) is 16.7. The third kappa shape index (κ3) is 3.49. The largest absolute Gasteiger partial charge is 0.385 e. The van der Waals surface area contributed by atoms with E-state index in [0.29, 0.717) is 31.9 Å². The lowest BCUT2D eigenvalue weighted by molar-refractivity contribution is -0.110. The molecule has 0 bridgehead atoms. The number of carbonyl (C=O) groups is 1. The molecule has 1 amide bonds. The smallest absolute Gasteiger partial charge is 0.275 e. The van der Waals surface area contributed by atoms with Crippen molar-refractivity contribution < 1.29 is 14.6 Å². The van der Waals surface area contributed by atoms with Crippen molar-refractivity contribution in [2.75, 3.05) is 37.7 Å². The maximum Gasteiger partial charge on any atom is 0.275 e. The molecule has 1 aromatic carbocycles. The number of morpholine rings is 1. The predicted octanol–water partition coefficient (Wildman–Crippen LogP) is 3.46. The molecule has 0 radical (unpaired) electrons. The lowest BCUT2D eigenvalue weighted by atomic mass is 9.66. The molecule has 1 N–H and O–H groups in total. The maximum absolute atomic E-state index is 14.0. The van der Waals surface area contributed by atoms with Crippen LogP contribution in [0.2, 0.25) is 0 Å². The Labute approximate surface area is 200 Å². The zero-order valence-electron chi connectivity index (χ0n) is 19.5. The van der Waals surface area contributed by atoms with Gasteiger partial charge in [-0.15, -0.1) is 0 Å². The SMILES string of the molecule is O=C(c1nc(N2CCOCC2)n2ccccc12)N1CC[C@@](O)(c2ccccc2)[C@@H]2CCCC[C@@H]21. The molecule has 3 aromatic rings. The van der Waals surface area contributed by atoms with Crippen molar-refractivity contribution in [1.29, 1.82) is 0 Å². The number of carbonyl (C=O) groups excluding carboxylic acids is 1. The third-order valence-corrected chi connectivity index (χ3v) is 8.04. The summed E-state index contributed by atoms with van der Waals surface area (Å²) < 4.78 is 7.55. The number of hydrogen-bond donors (Lipinski definition) is 1. The van der Waals surface area contributed by atoms with Crippen LogP contribution in [-0.2, 0) is 10.3 Å². The van der Waals surface area contributed by atoms with Crippen molar-refractivity contribution in [3.63, 3.8) is 0 Å². The van der Waals surface area contributed by atoms with Gasteiger partial charge >= 0.3 is 0 Å². The number of likely N-dealkylation sites (tertiary alicyclic amines) is 1. The summed E-state index contributed by atoms with van der Waals surface area (Å²) in [6.07, 6.45) is 6.56. The third-order valence-electron chi connectivity index (χ3n) is 8.04. The van der Waals surface area contributed by atoms with Gasteiger partial charge in [-0.05, 0) is 37.0 Å². The highest BCUT2D eigenvalue weighted by atomic mass is 16.5. The van der Waals surface area contributed by atoms with E-state index in [-0.39, 0.29) is 17.9 Å². The van der Waals surface area contributed by atoms with E-state index >= 15 is 0 Å². The number of anilines is 1. The molecule has 2 aromatic heterocycles. The van der Waals surface area contributed by atoms with Crippen LogP contribution in [0.5, 0.6) is 0 Å². The Morgan fingerprint density at radius 3 is 2.59 bits per heavy atom. The number of piperidine rings is 1. The summed E-state index contributed by atoms with van der Waals surface area (Å²) in [5, 5.41) is 11.9. The second-order valence-electron chi connectivity index (χ2n) is 9.81. The Kier molecular flexibility index (Phi) is 5.54. The zero-order chi connectivity index (χ0) is 23.1. The summed E-state index contributed by atoms with van der Waals surface area (Å²) in [5.74, 6) is 0.824. The van der Waals surface area contributed by atoms with Gasteiger partial charge in [0.25, 0.3) is 5.91 Å². The monoisotopic (exact) mass is 460 g/mol. The van der Waals surface area contributed by atoms with Crippen molar-refractivity contribution in [2.45, 2.75) is 43.7 Å².